The van der Waals surface area contributed by atoms with Crippen molar-refractivity contribution in [1.29, 1.82) is 0 Å². The molecule has 0 aliphatic heterocycles. The third kappa shape index (κ3) is 2.52. The highest BCUT2D eigenvalue weighted by molar-refractivity contribution is 5.25. The smallest absolute Gasteiger partial charge is 0.194 e. The fraction of sp³-hybridized carbons (Fsp3) is 0.538. The van der Waals surface area contributed by atoms with E-state index in [0.717, 1.165) is 18.9 Å². The molecule has 1 aliphatic rings. The highest BCUT2D eigenvalue weighted by atomic mass is 19.2. The van der Waals surface area contributed by atoms with E-state index in [9.17, 15) is 13.2 Å². The number of ether oxygens (including phenoxy) is 1. The lowest BCUT2D eigenvalue weighted by molar-refractivity contribution is 0.0273. The van der Waals surface area contributed by atoms with E-state index in [-0.39, 0.29) is 17.6 Å². The van der Waals surface area contributed by atoms with Crippen molar-refractivity contribution in [2.75, 3.05) is 6.61 Å². The largest absolute Gasteiger partial charge is 0.376 e. The summed E-state index contributed by atoms with van der Waals surface area (Å²) in [4.78, 5) is 0. The number of hydrogen-bond donors (Lipinski definition) is 1. The Kier molecular flexibility index (Phi) is 3.92. The number of halogens is 3. The monoisotopic (exact) mass is 259 g/mol. The van der Waals surface area contributed by atoms with E-state index < -0.39 is 23.5 Å². The van der Waals surface area contributed by atoms with Crippen LogP contribution < -0.4 is 5.73 Å². The summed E-state index contributed by atoms with van der Waals surface area (Å²) in [5.74, 6) is -3.61. The van der Waals surface area contributed by atoms with Gasteiger partial charge in [0.15, 0.2) is 17.5 Å². The van der Waals surface area contributed by atoms with Crippen molar-refractivity contribution in [1.82, 2.24) is 0 Å². The van der Waals surface area contributed by atoms with Crippen LogP contribution in [0, 0.1) is 23.4 Å². The van der Waals surface area contributed by atoms with E-state index >= 15 is 0 Å². The summed E-state index contributed by atoms with van der Waals surface area (Å²) < 4.78 is 45.2. The molecular formula is C13H16F3NO. The second-order valence-electron chi connectivity index (χ2n) is 4.55. The van der Waals surface area contributed by atoms with E-state index in [0.29, 0.717) is 6.61 Å². The van der Waals surface area contributed by atoms with Gasteiger partial charge in [-0.2, -0.15) is 0 Å². The minimum absolute atomic E-state index is 0.0285. The minimum atomic E-state index is -1.48. The molecule has 1 aromatic carbocycles. The first-order chi connectivity index (χ1) is 8.56. The first-order valence-electron chi connectivity index (χ1n) is 6.06. The van der Waals surface area contributed by atoms with E-state index in [2.05, 4.69) is 0 Å². The summed E-state index contributed by atoms with van der Waals surface area (Å²) in [6, 6.07) is 1.31. The van der Waals surface area contributed by atoms with Gasteiger partial charge in [-0.25, -0.2) is 13.2 Å². The van der Waals surface area contributed by atoms with Gasteiger partial charge in [0.2, 0.25) is 0 Å². The normalized spacial score (nSPS) is 18.7. The zero-order valence-corrected chi connectivity index (χ0v) is 10.1. The van der Waals surface area contributed by atoms with Gasteiger partial charge in [-0.05, 0) is 31.7 Å². The minimum Gasteiger partial charge on any atom is -0.376 e. The van der Waals surface area contributed by atoms with Crippen LogP contribution in [0.1, 0.15) is 31.4 Å². The fourth-order valence-corrected chi connectivity index (χ4v) is 2.13. The molecule has 0 aromatic heterocycles. The summed E-state index contributed by atoms with van der Waals surface area (Å²) in [5, 5.41) is 0. The average Bonchev–Trinajstić information content (AvgIpc) is 3.17. The second-order valence-corrected chi connectivity index (χ2v) is 4.55. The number of hydrogen-bond acceptors (Lipinski definition) is 2. The maximum absolute atomic E-state index is 13.6. The highest BCUT2D eigenvalue weighted by Crippen LogP contribution is 2.39. The Hall–Kier alpha value is -1.07. The zero-order valence-electron chi connectivity index (χ0n) is 10.1. The molecule has 2 rings (SSSR count). The van der Waals surface area contributed by atoms with Gasteiger partial charge in [-0.15, -0.1) is 0 Å². The Morgan fingerprint density at radius 1 is 1.28 bits per heavy atom. The van der Waals surface area contributed by atoms with Crippen LogP contribution in [0.5, 0.6) is 0 Å². The summed E-state index contributed by atoms with van der Waals surface area (Å²) in [7, 11) is 0. The van der Waals surface area contributed by atoms with Crippen LogP contribution >= 0.6 is 0 Å². The predicted octanol–water partition coefficient (Wildman–Crippen LogP) is 2.92. The Bertz CT molecular complexity index is 434. The first-order valence-corrected chi connectivity index (χ1v) is 6.06. The van der Waals surface area contributed by atoms with E-state index in [1.54, 1.807) is 0 Å². The van der Waals surface area contributed by atoms with Crippen molar-refractivity contribution < 1.29 is 17.9 Å². The molecule has 0 heterocycles. The van der Waals surface area contributed by atoms with Crippen molar-refractivity contribution in [2.24, 2.45) is 11.7 Å². The lowest BCUT2D eigenvalue weighted by Gasteiger charge is -2.24. The predicted molar refractivity (Wildman–Crippen MR) is 61.4 cm³/mol. The van der Waals surface area contributed by atoms with Gasteiger partial charge < -0.3 is 10.5 Å². The van der Waals surface area contributed by atoms with E-state index in [4.69, 9.17) is 10.5 Å². The summed E-state index contributed by atoms with van der Waals surface area (Å²) in [6.07, 6.45) is 1.61. The summed E-state index contributed by atoms with van der Waals surface area (Å²) in [5.41, 5.74) is 5.90. The van der Waals surface area contributed by atoms with Crippen molar-refractivity contribution in [3.05, 3.63) is 35.1 Å². The van der Waals surface area contributed by atoms with Gasteiger partial charge >= 0.3 is 0 Å². The van der Waals surface area contributed by atoms with Gasteiger partial charge in [0, 0.05) is 12.2 Å². The standard InChI is InChI=1S/C13H16F3NO/c1-2-18-13(7-3-4-7)12(17)8-5-6-9(14)11(16)10(8)15/h5-7,12-13H,2-4,17H2,1H3. The Labute approximate surface area is 104 Å². The maximum atomic E-state index is 13.6. The highest BCUT2D eigenvalue weighted by Gasteiger charge is 2.37. The van der Waals surface area contributed by atoms with Gasteiger partial charge in [0.05, 0.1) is 12.1 Å². The average molecular weight is 259 g/mol. The number of nitrogens with two attached hydrogens (primary N) is 1. The molecule has 2 atom stereocenters. The molecule has 2 N–H and O–H groups in total. The van der Waals surface area contributed by atoms with Crippen molar-refractivity contribution >= 4 is 0 Å². The van der Waals surface area contributed by atoms with Crippen LogP contribution in [0.3, 0.4) is 0 Å². The third-order valence-electron chi connectivity index (χ3n) is 3.22. The van der Waals surface area contributed by atoms with Gasteiger partial charge in [-0.1, -0.05) is 6.07 Å². The molecule has 1 aromatic rings. The van der Waals surface area contributed by atoms with Crippen LogP contribution in [0.2, 0.25) is 0 Å². The van der Waals surface area contributed by atoms with Crippen molar-refractivity contribution in [3.63, 3.8) is 0 Å². The molecule has 1 saturated carbocycles. The van der Waals surface area contributed by atoms with Crippen LogP contribution in [-0.4, -0.2) is 12.7 Å². The zero-order chi connectivity index (χ0) is 13.3. The molecule has 0 saturated heterocycles. The third-order valence-corrected chi connectivity index (χ3v) is 3.22. The van der Waals surface area contributed by atoms with Crippen LogP contribution in [0.4, 0.5) is 13.2 Å². The topological polar surface area (TPSA) is 35.2 Å². The fourth-order valence-electron chi connectivity index (χ4n) is 2.13. The SMILES string of the molecule is CCOC(C1CC1)C(N)c1ccc(F)c(F)c1F. The van der Waals surface area contributed by atoms with Crippen molar-refractivity contribution in [2.45, 2.75) is 31.9 Å². The number of rotatable bonds is 5. The van der Waals surface area contributed by atoms with E-state index in [1.165, 1.54) is 6.07 Å². The molecule has 0 bridgehead atoms. The van der Waals surface area contributed by atoms with Gasteiger partial charge in [0.1, 0.15) is 0 Å². The molecule has 5 heteroatoms. The summed E-state index contributed by atoms with van der Waals surface area (Å²) in [6.45, 7) is 2.28. The van der Waals surface area contributed by atoms with Gasteiger partial charge in [-0.3, -0.25) is 0 Å². The molecular weight excluding hydrogens is 243 g/mol. The molecule has 0 radical (unpaired) electrons. The maximum Gasteiger partial charge on any atom is 0.194 e. The van der Waals surface area contributed by atoms with Crippen molar-refractivity contribution in [3.8, 4) is 0 Å². The van der Waals surface area contributed by atoms with Crippen LogP contribution in [0.25, 0.3) is 0 Å². The first kappa shape index (κ1) is 13.4. The quantitative estimate of drug-likeness (QED) is 0.825. The lowest BCUT2D eigenvalue weighted by atomic mass is 9.98. The van der Waals surface area contributed by atoms with Crippen LogP contribution in [-0.2, 0) is 4.74 Å². The van der Waals surface area contributed by atoms with Gasteiger partial charge in [0.25, 0.3) is 0 Å². The number of benzene rings is 1. The molecule has 100 valence electrons. The molecule has 0 amide bonds. The second kappa shape index (κ2) is 5.28. The Morgan fingerprint density at radius 2 is 1.94 bits per heavy atom. The molecule has 0 spiro atoms. The molecule has 1 fully saturated rings. The molecule has 2 unspecified atom stereocenters. The Balaban J connectivity index is 2.26. The van der Waals surface area contributed by atoms with E-state index in [1.807, 2.05) is 6.92 Å². The summed E-state index contributed by atoms with van der Waals surface area (Å²) >= 11 is 0. The van der Waals surface area contributed by atoms with Crippen LogP contribution in [0.15, 0.2) is 12.1 Å². The Morgan fingerprint density at radius 3 is 2.50 bits per heavy atom. The molecule has 18 heavy (non-hydrogen) atoms. The molecule has 2 nitrogen and oxygen atoms in total. The molecule has 1 aliphatic carbocycles. The lowest BCUT2D eigenvalue weighted by Crippen LogP contribution is -2.32.